The maximum atomic E-state index is 13.8. The van der Waals surface area contributed by atoms with Gasteiger partial charge in [0.15, 0.2) is 11.6 Å². The Morgan fingerprint density at radius 3 is 2.74 bits per heavy atom. The van der Waals surface area contributed by atoms with Crippen LogP contribution in [0.15, 0.2) is 30.3 Å². The second-order valence-electron chi connectivity index (χ2n) is 7.81. The number of benzene rings is 1. The summed E-state index contributed by atoms with van der Waals surface area (Å²) in [6.07, 6.45) is 1.43. The van der Waals surface area contributed by atoms with Crippen LogP contribution in [-0.2, 0) is 16.1 Å². The van der Waals surface area contributed by atoms with Crippen molar-refractivity contribution in [2.24, 2.45) is 5.92 Å². The Kier molecular flexibility index (Phi) is 6.09. The molecule has 31 heavy (non-hydrogen) atoms. The Bertz CT molecular complexity index is 1140. The highest BCUT2D eigenvalue weighted by molar-refractivity contribution is 7.19. The van der Waals surface area contributed by atoms with E-state index < -0.39 is 11.6 Å². The minimum absolute atomic E-state index is 0.169. The molecular weight excluding hydrogens is 422 g/mol. The van der Waals surface area contributed by atoms with Gasteiger partial charge in [0.1, 0.15) is 5.69 Å². The normalized spacial score (nSPS) is 16.6. The molecule has 0 radical (unpaired) electrons. The van der Waals surface area contributed by atoms with E-state index in [9.17, 15) is 18.4 Å². The predicted octanol–water partition coefficient (Wildman–Crippen LogP) is 4.75. The van der Waals surface area contributed by atoms with Crippen molar-refractivity contribution in [2.75, 3.05) is 19.7 Å². The van der Waals surface area contributed by atoms with Gasteiger partial charge >= 0.3 is 5.97 Å². The Morgan fingerprint density at radius 1 is 1.19 bits per heavy atom. The highest BCUT2D eigenvalue weighted by Crippen LogP contribution is 2.31. The summed E-state index contributed by atoms with van der Waals surface area (Å²) >= 11 is 1.58. The SMILES string of the molecule is CCOC(=O)[C@H]1CCCN(C(=O)c2cc3sc(C)cc3n2Cc2ccc(F)c(F)c2)C1. The number of likely N-dealkylation sites (tertiary alicyclic amines) is 1. The van der Waals surface area contributed by atoms with E-state index in [1.165, 1.54) is 6.07 Å². The molecule has 1 aromatic carbocycles. The van der Waals surface area contributed by atoms with Gasteiger partial charge in [0.05, 0.1) is 22.7 Å². The van der Waals surface area contributed by atoms with E-state index in [4.69, 9.17) is 4.74 Å². The number of aryl methyl sites for hydroxylation is 1. The number of fused-ring (bicyclic) bond motifs is 1. The predicted molar refractivity (Wildman–Crippen MR) is 115 cm³/mol. The Morgan fingerprint density at radius 2 is 2.00 bits per heavy atom. The number of ether oxygens (including phenoxy) is 1. The second-order valence-corrected chi connectivity index (χ2v) is 9.10. The van der Waals surface area contributed by atoms with Gasteiger partial charge in [-0.2, -0.15) is 0 Å². The smallest absolute Gasteiger partial charge is 0.310 e. The lowest BCUT2D eigenvalue weighted by atomic mass is 9.98. The van der Waals surface area contributed by atoms with E-state index in [1.54, 1.807) is 23.2 Å². The molecule has 4 rings (SSSR count). The molecule has 3 aromatic rings. The minimum atomic E-state index is -0.913. The lowest BCUT2D eigenvalue weighted by Gasteiger charge is -2.31. The molecule has 8 heteroatoms. The van der Waals surface area contributed by atoms with Crippen LogP contribution in [0.3, 0.4) is 0 Å². The number of nitrogens with zero attached hydrogens (tertiary/aromatic N) is 2. The van der Waals surface area contributed by atoms with Crippen LogP contribution in [-0.4, -0.2) is 41.0 Å². The van der Waals surface area contributed by atoms with Crippen molar-refractivity contribution < 1.29 is 23.1 Å². The molecule has 5 nitrogen and oxygen atoms in total. The Hall–Kier alpha value is -2.74. The van der Waals surface area contributed by atoms with Gasteiger partial charge in [0.25, 0.3) is 5.91 Å². The molecular formula is C23H24F2N2O3S. The van der Waals surface area contributed by atoms with Gasteiger partial charge in [-0.15, -0.1) is 11.3 Å². The molecule has 1 saturated heterocycles. The zero-order chi connectivity index (χ0) is 22.1. The van der Waals surface area contributed by atoms with Crippen molar-refractivity contribution in [3.63, 3.8) is 0 Å². The molecule has 0 unspecified atom stereocenters. The summed E-state index contributed by atoms with van der Waals surface area (Å²) in [6, 6.07) is 7.62. The first kappa shape index (κ1) is 21.5. The summed E-state index contributed by atoms with van der Waals surface area (Å²) in [5, 5.41) is 0. The number of esters is 1. The van der Waals surface area contributed by atoms with Crippen LogP contribution >= 0.6 is 11.3 Å². The van der Waals surface area contributed by atoms with Crippen molar-refractivity contribution in [3.8, 4) is 0 Å². The van der Waals surface area contributed by atoms with Crippen LogP contribution in [0.5, 0.6) is 0 Å². The van der Waals surface area contributed by atoms with E-state index in [1.807, 2.05) is 23.6 Å². The van der Waals surface area contributed by atoms with Crippen molar-refractivity contribution in [3.05, 3.63) is 58.1 Å². The van der Waals surface area contributed by atoms with Crippen LogP contribution < -0.4 is 0 Å². The lowest BCUT2D eigenvalue weighted by Crippen LogP contribution is -2.43. The topological polar surface area (TPSA) is 51.5 Å². The first-order valence-corrected chi connectivity index (χ1v) is 11.2. The number of amides is 1. The van der Waals surface area contributed by atoms with Crippen molar-refractivity contribution >= 4 is 33.4 Å². The molecule has 0 aliphatic carbocycles. The van der Waals surface area contributed by atoms with E-state index in [0.29, 0.717) is 37.4 Å². The number of hydrogen-bond acceptors (Lipinski definition) is 4. The number of piperidine rings is 1. The molecule has 1 aliphatic rings. The van der Waals surface area contributed by atoms with E-state index in [-0.39, 0.29) is 24.3 Å². The van der Waals surface area contributed by atoms with Crippen LogP contribution in [0.1, 0.15) is 40.7 Å². The number of carbonyl (C=O) groups is 2. The van der Waals surface area contributed by atoms with Crippen LogP contribution in [0, 0.1) is 24.5 Å². The number of aromatic nitrogens is 1. The van der Waals surface area contributed by atoms with Crippen LogP contribution in [0.25, 0.3) is 10.2 Å². The van der Waals surface area contributed by atoms with Crippen molar-refractivity contribution in [1.82, 2.24) is 9.47 Å². The summed E-state index contributed by atoms with van der Waals surface area (Å²) in [5.74, 6) is -2.58. The first-order chi connectivity index (χ1) is 14.9. The number of hydrogen-bond donors (Lipinski definition) is 0. The maximum absolute atomic E-state index is 13.8. The third-order valence-electron chi connectivity index (χ3n) is 5.59. The monoisotopic (exact) mass is 446 g/mol. The van der Waals surface area contributed by atoms with Crippen molar-refractivity contribution in [1.29, 1.82) is 0 Å². The largest absolute Gasteiger partial charge is 0.466 e. The average molecular weight is 447 g/mol. The quantitative estimate of drug-likeness (QED) is 0.532. The molecule has 0 spiro atoms. The highest BCUT2D eigenvalue weighted by Gasteiger charge is 2.31. The Labute approximate surface area is 183 Å². The summed E-state index contributed by atoms with van der Waals surface area (Å²) in [7, 11) is 0. The number of rotatable bonds is 5. The van der Waals surface area contributed by atoms with Crippen LogP contribution in [0.2, 0.25) is 0 Å². The molecule has 0 bridgehead atoms. The maximum Gasteiger partial charge on any atom is 0.310 e. The molecule has 2 aromatic heterocycles. The van der Waals surface area contributed by atoms with Gasteiger partial charge in [-0.05, 0) is 56.5 Å². The van der Waals surface area contributed by atoms with Gasteiger partial charge in [-0.1, -0.05) is 6.07 Å². The number of carbonyl (C=O) groups excluding carboxylic acids is 2. The molecule has 164 valence electrons. The standard InChI is InChI=1S/C23H24F2N2O3S/c1-3-30-23(29)16-5-4-8-26(13-16)22(28)20-11-21-19(9-14(2)31-21)27(20)12-15-6-7-17(24)18(25)10-15/h6-7,9-11,16H,3-5,8,12-13H2,1-2H3/t16-/m0/s1. The summed E-state index contributed by atoms with van der Waals surface area (Å²) in [6.45, 7) is 5.20. The van der Waals surface area contributed by atoms with Gasteiger partial charge < -0.3 is 14.2 Å². The fourth-order valence-corrected chi connectivity index (χ4v) is 5.07. The van der Waals surface area contributed by atoms with Gasteiger partial charge in [-0.25, -0.2) is 8.78 Å². The lowest BCUT2D eigenvalue weighted by molar-refractivity contribution is -0.149. The number of halogens is 2. The van der Waals surface area contributed by atoms with E-state index in [2.05, 4.69) is 0 Å². The van der Waals surface area contributed by atoms with Gasteiger partial charge in [0, 0.05) is 24.5 Å². The fraction of sp³-hybridized carbons (Fsp3) is 0.391. The van der Waals surface area contributed by atoms with Crippen molar-refractivity contribution in [2.45, 2.75) is 33.2 Å². The molecule has 1 amide bonds. The van der Waals surface area contributed by atoms with E-state index >= 15 is 0 Å². The van der Waals surface area contributed by atoms with E-state index in [0.717, 1.165) is 33.6 Å². The third kappa shape index (κ3) is 4.35. The summed E-state index contributed by atoms with van der Waals surface area (Å²) in [5.41, 5.74) is 1.93. The zero-order valence-corrected chi connectivity index (χ0v) is 18.3. The minimum Gasteiger partial charge on any atom is -0.466 e. The molecule has 0 N–H and O–H groups in total. The Balaban J connectivity index is 1.66. The average Bonchev–Trinajstić information content (AvgIpc) is 3.27. The molecule has 1 atom stereocenters. The zero-order valence-electron chi connectivity index (χ0n) is 17.5. The highest BCUT2D eigenvalue weighted by atomic mass is 32.1. The molecule has 1 aliphatic heterocycles. The number of thiophene rings is 1. The van der Waals surface area contributed by atoms with Crippen LogP contribution in [0.4, 0.5) is 8.78 Å². The molecule has 0 saturated carbocycles. The fourth-order valence-electron chi connectivity index (χ4n) is 4.11. The van der Waals surface area contributed by atoms with Gasteiger partial charge in [-0.3, -0.25) is 9.59 Å². The third-order valence-corrected chi connectivity index (χ3v) is 6.57. The van der Waals surface area contributed by atoms with Gasteiger partial charge in [0.2, 0.25) is 0 Å². The summed E-state index contributed by atoms with van der Waals surface area (Å²) in [4.78, 5) is 28.4. The first-order valence-electron chi connectivity index (χ1n) is 10.4. The molecule has 1 fully saturated rings. The second kappa shape index (κ2) is 8.78. The summed E-state index contributed by atoms with van der Waals surface area (Å²) < 4.78 is 35.1. The molecule has 3 heterocycles.